The molecule has 0 radical (unpaired) electrons. The van der Waals surface area contributed by atoms with Crippen LogP contribution in [0.2, 0.25) is 0 Å². The van der Waals surface area contributed by atoms with E-state index in [2.05, 4.69) is 152 Å². The molecule has 1 aromatic heterocycles. The largest absolute Gasteiger partial charge is 0.457 e. The Morgan fingerprint density at radius 3 is 1.45 bits per heavy atom. The third kappa shape index (κ3) is 5.29. The summed E-state index contributed by atoms with van der Waals surface area (Å²) < 4.78 is 6.55. The predicted molar refractivity (Wildman–Crippen MR) is 231 cm³/mol. The number of hydrogen-bond donors (Lipinski definition) is 0. The van der Waals surface area contributed by atoms with Crippen molar-refractivity contribution in [3.8, 4) is 84.9 Å². The van der Waals surface area contributed by atoms with E-state index >= 15 is 0 Å². The van der Waals surface area contributed by atoms with Crippen molar-refractivity contribution in [2.45, 2.75) is 5.41 Å². The fourth-order valence-corrected chi connectivity index (χ4v) is 8.90. The molecule has 0 atom stereocenters. The molecule has 1 spiro atoms. The first-order valence-corrected chi connectivity index (χ1v) is 19.4. The monoisotopic (exact) mass is 739 g/mol. The second kappa shape index (κ2) is 13.4. The van der Waals surface area contributed by atoms with E-state index in [1.165, 1.54) is 22.3 Å². The molecule has 270 valence electrons. The molecule has 0 fully saturated rings. The summed E-state index contributed by atoms with van der Waals surface area (Å²) in [6.45, 7) is 0. The Morgan fingerprint density at radius 1 is 0.379 bits per heavy atom. The van der Waals surface area contributed by atoms with Crippen molar-refractivity contribution < 1.29 is 4.74 Å². The third-order valence-corrected chi connectivity index (χ3v) is 11.6. The van der Waals surface area contributed by atoms with E-state index in [1.54, 1.807) is 0 Å². The number of rotatable bonds is 5. The summed E-state index contributed by atoms with van der Waals surface area (Å²) in [5, 5.41) is 9.23. The first kappa shape index (κ1) is 33.5. The van der Waals surface area contributed by atoms with Gasteiger partial charge in [-0.1, -0.05) is 164 Å². The smallest absolute Gasteiger partial charge is 0.160 e. The first-order chi connectivity index (χ1) is 28.7. The fourth-order valence-electron chi connectivity index (χ4n) is 8.90. The zero-order valence-corrected chi connectivity index (χ0v) is 31.3. The molecule has 8 aromatic carbocycles. The number of ether oxygens (including phenoxy) is 1. The van der Waals surface area contributed by atoms with E-state index in [4.69, 9.17) is 14.7 Å². The van der Waals surface area contributed by atoms with Crippen LogP contribution < -0.4 is 4.74 Å². The average molecular weight is 740 g/mol. The van der Waals surface area contributed by atoms with Crippen LogP contribution in [0.4, 0.5) is 0 Å². The first-order valence-electron chi connectivity index (χ1n) is 19.4. The van der Waals surface area contributed by atoms with Crippen LogP contribution >= 0.6 is 0 Å². The van der Waals surface area contributed by atoms with Crippen molar-refractivity contribution >= 4 is 0 Å². The Bertz CT molecular complexity index is 3030. The second-order valence-electron chi connectivity index (χ2n) is 14.8. The Morgan fingerprint density at radius 2 is 0.845 bits per heavy atom. The van der Waals surface area contributed by atoms with Crippen molar-refractivity contribution in [1.29, 1.82) is 5.26 Å². The van der Waals surface area contributed by atoms with Gasteiger partial charge in [0.1, 0.15) is 11.5 Å². The molecule has 1 aliphatic carbocycles. The quantitative estimate of drug-likeness (QED) is 0.176. The Labute approximate surface area is 337 Å². The third-order valence-electron chi connectivity index (χ3n) is 11.6. The van der Waals surface area contributed by atoms with E-state index in [0.717, 1.165) is 73.0 Å². The van der Waals surface area contributed by atoms with Gasteiger partial charge >= 0.3 is 0 Å². The predicted octanol–water partition coefficient (Wildman–Crippen LogP) is 13.2. The molecular formula is C54H33N3O. The summed E-state index contributed by atoms with van der Waals surface area (Å²) >= 11 is 0. The molecule has 1 aliphatic heterocycles. The van der Waals surface area contributed by atoms with Crippen LogP contribution in [0.5, 0.6) is 11.5 Å². The molecule has 4 nitrogen and oxygen atoms in total. The number of nitrogens with zero attached hydrogens (tertiary/aromatic N) is 3. The summed E-state index contributed by atoms with van der Waals surface area (Å²) in [7, 11) is 0. The summed E-state index contributed by atoms with van der Waals surface area (Å²) in [5.41, 5.74) is 16.6. The number of para-hydroxylation sites is 2. The van der Waals surface area contributed by atoms with Crippen molar-refractivity contribution in [1.82, 2.24) is 9.97 Å². The van der Waals surface area contributed by atoms with Gasteiger partial charge in [-0.3, -0.25) is 0 Å². The van der Waals surface area contributed by atoms with Gasteiger partial charge in [0.05, 0.1) is 28.4 Å². The van der Waals surface area contributed by atoms with Gasteiger partial charge in [-0.2, -0.15) is 5.26 Å². The van der Waals surface area contributed by atoms with Gasteiger partial charge in [-0.05, 0) is 80.9 Å². The number of fused-ring (bicyclic) bond motifs is 9. The molecule has 58 heavy (non-hydrogen) atoms. The highest BCUT2D eigenvalue weighted by molar-refractivity contribution is 5.90. The van der Waals surface area contributed by atoms with Crippen LogP contribution in [0.15, 0.2) is 200 Å². The van der Waals surface area contributed by atoms with Gasteiger partial charge in [0.25, 0.3) is 0 Å². The van der Waals surface area contributed by atoms with Gasteiger partial charge in [-0.15, -0.1) is 0 Å². The summed E-state index contributed by atoms with van der Waals surface area (Å²) in [4.78, 5) is 10.2. The summed E-state index contributed by atoms with van der Waals surface area (Å²) in [6.07, 6.45) is 0. The standard InChI is InChI=1S/C54H33N3O/c55-34-35-18-20-36(21-19-35)37-22-26-39(27-23-37)49-33-50(57-53(56-49)41-10-2-1-3-11-41)40-28-24-38(25-29-40)42-30-31-44-43-12-4-5-13-45(43)54(48(44)32-42)46-14-6-8-16-51(46)58-52-17-9-7-15-47(52)54/h1-33H. The molecule has 0 saturated carbocycles. The van der Waals surface area contributed by atoms with Crippen LogP contribution in [0.1, 0.15) is 27.8 Å². The molecule has 0 amide bonds. The molecule has 0 unspecified atom stereocenters. The van der Waals surface area contributed by atoms with Gasteiger partial charge in [0.15, 0.2) is 5.82 Å². The van der Waals surface area contributed by atoms with E-state index in [-0.39, 0.29) is 0 Å². The van der Waals surface area contributed by atoms with E-state index in [1.807, 2.05) is 54.6 Å². The normalized spacial score (nSPS) is 12.7. The maximum Gasteiger partial charge on any atom is 0.160 e. The van der Waals surface area contributed by atoms with Crippen molar-refractivity contribution in [3.63, 3.8) is 0 Å². The molecule has 4 heteroatoms. The van der Waals surface area contributed by atoms with Crippen molar-refractivity contribution in [2.75, 3.05) is 0 Å². The lowest BCUT2D eigenvalue weighted by Crippen LogP contribution is -2.32. The second-order valence-corrected chi connectivity index (χ2v) is 14.8. The number of aromatic nitrogens is 2. The molecule has 9 aromatic rings. The average Bonchev–Trinajstić information content (AvgIpc) is 3.59. The number of benzene rings is 8. The van der Waals surface area contributed by atoms with Gasteiger partial charge in [-0.25, -0.2) is 9.97 Å². The zero-order chi connectivity index (χ0) is 38.6. The van der Waals surface area contributed by atoms with Crippen LogP contribution in [-0.4, -0.2) is 9.97 Å². The van der Waals surface area contributed by atoms with Gasteiger partial charge < -0.3 is 4.74 Å². The lowest BCUT2D eigenvalue weighted by molar-refractivity contribution is 0.436. The summed E-state index contributed by atoms with van der Waals surface area (Å²) in [6, 6.07) is 72.0. The Balaban J connectivity index is 0.995. The number of hydrogen-bond acceptors (Lipinski definition) is 4. The summed E-state index contributed by atoms with van der Waals surface area (Å²) in [5.74, 6) is 2.45. The fraction of sp³-hybridized carbons (Fsp3) is 0.0185. The van der Waals surface area contributed by atoms with Crippen molar-refractivity contribution in [2.24, 2.45) is 0 Å². The lowest BCUT2D eigenvalue weighted by Gasteiger charge is -2.39. The topological polar surface area (TPSA) is 58.8 Å². The maximum atomic E-state index is 9.23. The van der Waals surface area contributed by atoms with E-state index in [0.29, 0.717) is 11.4 Å². The highest BCUT2D eigenvalue weighted by Gasteiger charge is 2.51. The van der Waals surface area contributed by atoms with Gasteiger partial charge in [0.2, 0.25) is 0 Å². The Hall–Kier alpha value is -7.87. The SMILES string of the molecule is N#Cc1ccc(-c2ccc(-c3cc(-c4ccc(-c5ccc6c(c5)C5(c7ccccc7Oc7ccccc75)c5ccccc5-6)cc4)nc(-c4ccccc4)n3)cc2)cc1. The lowest BCUT2D eigenvalue weighted by atomic mass is 9.66. The van der Waals surface area contributed by atoms with Crippen molar-refractivity contribution in [3.05, 3.63) is 228 Å². The van der Waals surface area contributed by atoms with E-state index < -0.39 is 5.41 Å². The van der Waals surface area contributed by atoms with Crippen LogP contribution in [-0.2, 0) is 5.41 Å². The zero-order valence-electron chi connectivity index (χ0n) is 31.3. The highest BCUT2D eigenvalue weighted by atomic mass is 16.5. The molecule has 0 saturated heterocycles. The molecule has 0 bridgehead atoms. The van der Waals surface area contributed by atoms with Crippen LogP contribution in [0.25, 0.3) is 67.3 Å². The van der Waals surface area contributed by atoms with E-state index in [9.17, 15) is 5.26 Å². The molecule has 0 N–H and O–H groups in total. The Kier molecular flexibility index (Phi) is 7.74. The van der Waals surface area contributed by atoms with Crippen LogP contribution in [0, 0.1) is 11.3 Å². The van der Waals surface area contributed by atoms with Crippen LogP contribution in [0.3, 0.4) is 0 Å². The molecule has 11 rings (SSSR count). The molecule has 2 aliphatic rings. The minimum absolute atomic E-state index is 0.515. The molecule has 2 heterocycles. The minimum Gasteiger partial charge on any atom is -0.457 e. The van der Waals surface area contributed by atoms with Gasteiger partial charge in [0, 0.05) is 27.8 Å². The molecular weight excluding hydrogens is 707 g/mol. The maximum absolute atomic E-state index is 9.23. The highest BCUT2D eigenvalue weighted by Crippen LogP contribution is 2.62. The number of nitriles is 1. The minimum atomic E-state index is -0.515.